The summed E-state index contributed by atoms with van der Waals surface area (Å²) in [7, 11) is 2.41. The maximum atomic E-state index is 12.0. The lowest BCUT2D eigenvalue weighted by Crippen LogP contribution is -2.33. The molecular formula is C15H14O5. The van der Waals surface area contributed by atoms with Gasteiger partial charge in [0.2, 0.25) is 0 Å². The minimum absolute atomic E-state index is 0.439. The summed E-state index contributed by atoms with van der Waals surface area (Å²) in [6.07, 6.45) is 1.32. The van der Waals surface area contributed by atoms with E-state index in [-0.39, 0.29) is 0 Å². The van der Waals surface area contributed by atoms with Gasteiger partial charge in [-0.15, -0.1) is 0 Å². The van der Waals surface area contributed by atoms with Crippen LogP contribution in [-0.2, 0) is 23.9 Å². The fourth-order valence-electron chi connectivity index (χ4n) is 2.34. The Hall–Kier alpha value is -2.43. The molecule has 0 saturated heterocycles. The highest BCUT2D eigenvalue weighted by atomic mass is 16.5. The SMILES string of the molecule is COC(=O)[C@@H]1C(=O)C=C(c2ccccc2)[C@@H]1C(=O)OC. The van der Waals surface area contributed by atoms with Crippen molar-refractivity contribution >= 4 is 23.3 Å². The number of allylic oxidation sites excluding steroid dienone is 1. The molecule has 0 bridgehead atoms. The van der Waals surface area contributed by atoms with Crippen molar-refractivity contribution in [2.45, 2.75) is 0 Å². The number of rotatable bonds is 3. The van der Waals surface area contributed by atoms with Crippen molar-refractivity contribution in [3.63, 3.8) is 0 Å². The van der Waals surface area contributed by atoms with Crippen molar-refractivity contribution in [2.24, 2.45) is 11.8 Å². The van der Waals surface area contributed by atoms with Gasteiger partial charge in [-0.1, -0.05) is 30.3 Å². The molecule has 0 heterocycles. The van der Waals surface area contributed by atoms with E-state index in [2.05, 4.69) is 4.74 Å². The molecular weight excluding hydrogens is 260 g/mol. The summed E-state index contributed by atoms with van der Waals surface area (Å²) < 4.78 is 9.33. The van der Waals surface area contributed by atoms with Gasteiger partial charge in [0.1, 0.15) is 11.8 Å². The van der Waals surface area contributed by atoms with Crippen molar-refractivity contribution < 1.29 is 23.9 Å². The normalized spacial score (nSPS) is 21.3. The van der Waals surface area contributed by atoms with Crippen molar-refractivity contribution in [3.05, 3.63) is 42.0 Å². The number of hydrogen-bond donors (Lipinski definition) is 0. The highest BCUT2D eigenvalue weighted by Gasteiger charge is 2.47. The zero-order chi connectivity index (χ0) is 14.7. The summed E-state index contributed by atoms with van der Waals surface area (Å²) in [4.78, 5) is 35.7. The number of ketones is 1. The first-order valence-electron chi connectivity index (χ1n) is 6.06. The Kier molecular flexibility index (Phi) is 3.98. The highest BCUT2D eigenvalue weighted by molar-refractivity contribution is 6.18. The molecule has 5 heteroatoms. The fraction of sp³-hybridized carbons (Fsp3) is 0.267. The monoisotopic (exact) mass is 274 g/mol. The molecule has 2 rings (SSSR count). The number of hydrogen-bond acceptors (Lipinski definition) is 5. The first-order valence-corrected chi connectivity index (χ1v) is 6.06. The van der Waals surface area contributed by atoms with Gasteiger partial charge in [-0.05, 0) is 17.2 Å². The van der Waals surface area contributed by atoms with Crippen LogP contribution in [0.1, 0.15) is 5.56 Å². The predicted octanol–water partition coefficient (Wildman–Crippen LogP) is 1.23. The molecule has 2 atom stereocenters. The van der Waals surface area contributed by atoms with E-state index in [0.29, 0.717) is 11.1 Å². The second kappa shape index (κ2) is 5.69. The van der Waals surface area contributed by atoms with Crippen molar-refractivity contribution in [3.8, 4) is 0 Å². The Labute approximate surface area is 116 Å². The quantitative estimate of drug-likeness (QED) is 0.612. The van der Waals surface area contributed by atoms with Crippen LogP contribution in [0.4, 0.5) is 0 Å². The second-order valence-corrected chi connectivity index (χ2v) is 4.37. The lowest BCUT2D eigenvalue weighted by atomic mass is 9.87. The highest BCUT2D eigenvalue weighted by Crippen LogP contribution is 2.37. The van der Waals surface area contributed by atoms with Gasteiger partial charge < -0.3 is 9.47 Å². The van der Waals surface area contributed by atoms with E-state index in [1.165, 1.54) is 20.3 Å². The fourth-order valence-corrected chi connectivity index (χ4v) is 2.34. The summed E-state index contributed by atoms with van der Waals surface area (Å²) in [6.45, 7) is 0. The van der Waals surface area contributed by atoms with Crippen LogP contribution < -0.4 is 0 Å². The Morgan fingerprint density at radius 2 is 1.50 bits per heavy atom. The average molecular weight is 274 g/mol. The number of esters is 2. The summed E-state index contributed by atoms with van der Waals surface area (Å²) in [5.41, 5.74) is 1.19. The van der Waals surface area contributed by atoms with Gasteiger partial charge in [0.05, 0.1) is 14.2 Å². The molecule has 104 valence electrons. The van der Waals surface area contributed by atoms with Crippen LogP contribution in [0, 0.1) is 11.8 Å². The van der Waals surface area contributed by atoms with Gasteiger partial charge >= 0.3 is 11.9 Å². The lowest BCUT2D eigenvalue weighted by molar-refractivity contribution is -0.156. The molecule has 1 aromatic carbocycles. The minimum atomic E-state index is -1.16. The van der Waals surface area contributed by atoms with Crippen molar-refractivity contribution in [1.82, 2.24) is 0 Å². The molecule has 0 radical (unpaired) electrons. The molecule has 0 amide bonds. The molecule has 1 aliphatic carbocycles. The van der Waals surface area contributed by atoms with Crippen molar-refractivity contribution in [1.29, 1.82) is 0 Å². The third-order valence-corrected chi connectivity index (χ3v) is 3.29. The number of benzene rings is 1. The topological polar surface area (TPSA) is 69.7 Å². The first kappa shape index (κ1) is 14.0. The van der Waals surface area contributed by atoms with E-state index in [1.807, 2.05) is 6.07 Å². The average Bonchev–Trinajstić information content (AvgIpc) is 2.84. The predicted molar refractivity (Wildman–Crippen MR) is 70.4 cm³/mol. The van der Waals surface area contributed by atoms with Crippen LogP contribution in [0.2, 0.25) is 0 Å². The van der Waals surface area contributed by atoms with Gasteiger partial charge in [-0.25, -0.2) is 0 Å². The minimum Gasteiger partial charge on any atom is -0.469 e. The molecule has 0 spiro atoms. The van der Waals surface area contributed by atoms with E-state index in [4.69, 9.17) is 4.74 Å². The maximum Gasteiger partial charge on any atom is 0.317 e. The standard InChI is InChI=1S/C15H14O5/c1-19-14(17)12-10(9-6-4-3-5-7-9)8-11(16)13(12)15(18)20-2/h3-8,12-13H,1-2H3/t12-,13+/m0/s1. The molecule has 0 saturated carbocycles. The zero-order valence-corrected chi connectivity index (χ0v) is 11.2. The molecule has 0 fully saturated rings. The van der Waals surface area contributed by atoms with Crippen LogP contribution in [-0.4, -0.2) is 31.9 Å². The maximum absolute atomic E-state index is 12.0. The zero-order valence-electron chi connectivity index (χ0n) is 11.2. The van der Waals surface area contributed by atoms with Gasteiger partial charge in [-0.2, -0.15) is 0 Å². The van der Waals surface area contributed by atoms with E-state index in [9.17, 15) is 14.4 Å². The van der Waals surface area contributed by atoms with E-state index in [1.54, 1.807) is 24.3 Å². The number of ether oxygens (including phenoxy) is 2. The van der Waals surface area contributed by atoms with Gasteiger partial charge in [-0.3, -0.25) is 14.4 Å². The van der Waals surface area contributed by atoms with E-state index in [0.717, 1.165) is 0 Å². The Balaban J connectivity index is 2.46. The van der Waals surface area contributed by atoms with Crippen LogP contribution in [0.15, 0.2) is 36.4 Å². The smallest absolute Gasteiger partial charge is 0.317 e. The number of methoxy groups -OCH3 is 2. The molecule has 0 N–H and O–H groups in total. The molecule has 20 heavy (non-hydrogen) atoms. The molecule has 1 aromatic rings. The number of carbonyl (C=O) groups is 3. The summed E-state index contributed by atoms with van der Waals surface area (Å²) in [5.74, 6) is -3.91. The third kappa shape index (κ3) is 2.34. The van der Waals surface area contributed by atoms with Crippen LogP contribution in [0.25, 0.3) is 5.57 Å². The van der Waals surface area contributed by atoms with Crippen LogP contribution >= 0.6 is 0 Å². The Bertz CT molecular complexity index is 573. The molecule has 0 aliphatic heterocycles. The van der Waals surface area contributed by atoms with Crippen LogP contribution in [0.5, 0.6) is 0 Å². The summed E-state index contributed by atoms with van der Waals surface area (Å²) in [5, 5.41) is 0. The largest absolute Gasteiger partial charge is 0.469 e. The van der Waals surface area contributed by atoms with E-state index >= 15 is 0 Å². The van der Waals surface area contributed by atoms with Gasteiger partial charge in [0.15, 0.2) is 5.78 Å². The second-order valence-electron chi connectivity index (χ2n) is 4.37. The van der Waals surface area contributed by atoms with Gasteiger partial charge in [0, 0.05) is 0 Å². The first-order chi connectivity index (χ1) is 9.60. The molecule has 1 aliphatic rings. The molecule has 5 nitrogen and oxygen atoms in total. The molecule has 0 unspecified atom stereocenters. The Morgan fingerprint density at radius 1 is 0.950 bits per heavy atom. The summed E-state index contributed by atoms with van der Waals surface area (Å²) in [6, 6.07) is 8.95. The van der Waals surface area contributed by atoms with Crippen molar-refractivity contribution in [2.75, 3.05) is 14.2 Å². The Morgan fingerprint density at radius 3 is 2.05 bits per heavy atom. The lowest BCUT2D eigenvalue weighted by Gasteiger charge is -2.18. The van der Waals surface area contributed by atoms with E-state index < -0.39 is 29.6 Å². The summed E-state index contributed by atoms with van der Waals surface area (Å²) >= 11 is 0. The third-order valence-electron chi connectivity index (χ3n) is 3.29. The van der Waals surface area contributed by atoms with Gasteiger partial charge in [0.25, 0.3) is 0 Å². The van der Waals surface area contributed by atoms with Crippen LogP contribution in [0.3, 0.4) is 0 Å². The molecule has 0 aromatic heterocycles. The number of carbonyl (C=O) groups excluding carboxylic acids is 3.